The summed E-state index contributed by atoms with van der Waals surface area (Å²) < 4.78 is 6.36. The number of aromatic nitrogens is 2. The summed E-state index contributed by atoms with van der Waals surface area (Å²) in [6.45, 7) is 2.40. The Morgan fingerprint density at radius 1 is 1.09 bits per heavy atom. The number of Topliss-reactive ketones (excluding diaryl/α,β-unsaturated/α-hetero) is 1. The number of anilines is 1. The Kier molecular flexibility index (Phi) is 6.19. The van der Waals surface area contributed by atoms with Gasteiger partial charge in [-0.15, -0.1) is 0 Å². The third-order valence-corrected chi connectivity index (χ3v) is 7.28. The first-order chi connectivity index (χ1) is 16.9. The Hall–Kier alpha value is -3.46. The number of carbonyl (C=O) groups is 2. The molecule has 1 atom stereocenters. The number of aliphatic hydroxyl groups excluding tert-OH is 1. The number of hydrogen-bond donors (Lipinski definition) is 1. The molecule has 0 saturated carbocycles. The Bertz CT molecular complexity index is 1500. The number of thiazole rings is 1. The van der Waals surface area contributed by atoms with Crippen LogP contribution in [0.5, 0.6) is 5.75 Å². The van der Waals surface area contributed by atoms with E-state index in [0.717, 1.165) is 4.70 Å². The molecule has 1 fully saturated rings. The molecule has 176 valence electrons. The van der Waals surface area contributed by atoms with Crippen molar-refractivity contribution in [1.82, 2.24) is 9.97 Å². The van der Waals surface area contributed by atoms with Gasteiger partial charge in [-0.2, -0.15) is 0 Å². The number of nitrogens with zero attached hydrogens (tertiary/aromatic N) is 3. The third-order valence-electron chi connectivity index (χ3n) is 5.52. The van der Waals surface area contributed by atoms with Crippen molar-refractivity contribution in [3.8, 4) is 5.75 Å². The minimum absolute atomic E-state index is 0.0751. The maximum Gasteiger partial charge on any atom is 0.301 e. The highest BCUT2D eigenvalue weighted by atomic mass is 35.5. The van der Waals surface area contributed by atoms with Crippen molar-refractivity contribution in [2.24, 2.45) is 0 Å². The molecule has 35 heavy (non-hydrogen) atoms. The van der Waals surface area contributed by atoms with Gasteiger partial charge < -0.3 is 9.84 Å². The number of benzene rings is 2. The number of pyridine rings is 1. The zero-order valence-corrected chi connectivity index (χ0v) is 20.6. The maximum atomic E-state index is 13.3. The maximum absolute atomic E-state index is 13.3. The van der Waals surface area contributed by atoms with Gasteiger partial charge in [-0.1, -0.05) is 40.6 Å². The van der Waals surface area contributed by atoms with E-state index in [1.807, 2.05) is 13.0 Å². The van der Waals surface area contributed by atoms with Gasteiger partial charge in [0.1, 0.15) is 11.5 Å². The fourth-order valence-electron chi connectivity index (χ4n) is 3.95. The molecular formula is C25H17Cl2N3O4S. The summed E-state index contributed by atoms with van der Waals surface area (Å²) in [5.41, 5.74) is 1.43. The highest BCUT2D eigenvalue weighted by molar-refractivity contribution is 7.22. The molecule has 2 aromatic carbocycles. The molecule has 1 amide bonds. The van der Waals surface area contributed by atoms with E-state index in [2.05, 4.69) is 9.97 Å². The quantitative estimate of drug-likeness (QED) is 0.194. The van der Waals surface area contributed by atoms with Crippen molar-refractivity contribution >= 4 is 67.3 Å². The zero-order valence-electron chi connectivity index (χ0n) is 18.2. The number of rotatable bonds is 5. The standard InChI is InChI=1S/C25H17Cl2N3O4S/c1-2-34-15-4-6-18-19(12-15)35-25(29-18)30-21(14-3-5-16(26)17(27)11-14)20(23(32)24(30)33)22(31)13-7-9-28-10-8-13/h3-12,21,31H,2H2,1H3. The molecular weight excluding hydrogens is 509 g/mol. The lowest BCUT2D eigenvalue weighted by Crippen LogP contribution is -2.29. The molecule has 0 bridgehead atoms. The van der Waals surface area contributed by atoms with Gasteiger partial charge in [0.15, 0.2) is 5.13 Å². The number of carbonyl (C=O) groups excluding carboxylic acids is 2. The van der Waals surface area contributed by atoms with Crippen molar-refractivity contribution in [3.63, 3.8) is 0 Å². The molecule has 0 aliphatic carbocycles. The van der Waals surface area contributed by atoms with Crippen molar-refractivity contribution in [2.45, 2.75) is 13.0 Å². The molecule has 5 rings (SSSR count). The van der Waals surface area contributed by atoms with E-state index in [9.17, 15) is 14.7 Å². The predicted molar refractivity (Wildman–Crippen MR) is 136 cm³/mol. The number of amides is 1. The summed E-state index contributed by atoms with van der Waals surface area (Å²) in [6, 6.07) is 12.4. The molecule has 1 unspecified atom stereocenters. The molecule has 3 heterocycles. The minimum Gasteiger partial charge on any atom is -0.507 e. The monoisotopic (exact) mass is 525 g/mol. The van der Waals surface area contributed by atoms with E-state index in [4.69, 9.17) is 27.9 Å². The van der Waals surface area contributed by atoms with Gasteiger partial charge in [0.2, 0.25) is 0 Å². The van der Waals surface area contributed by atoms with E-state index >= 15 is 0 Å². The van der Waals surface area contributed by atoms with Crippen LogP contribution < -0.4 is 9.64 Å². The van der Waals surface area contributed by atoms with Crippen LogP contribution in [0.1, 0.15) is 24.1 Å². The highest BCUT2D eigenvalue weighted by Crippen LogP contribution is 2.45. The largest absolute Gasteiger partial charge is 0.507 e. The summed E-state index contributed by atoms with van der Waals surface area (Å²) in [6.07, 6.45) is 2.98. The van der Waals surface area contributed by atoms with Gasteiger partial charge in [0.05, 0.1) is 38.5 Å². The summed E-state index contributed by atoms with van der Waals surface area (Å²) in [4.78, 5) is 36.4. The average Bonchev–Trinajstić information content (AvgIpc) is 3.39. The summed E-state index contributed by atoms with van der Waals surface area (Å²) in [5, 5.41) is 12.0. The van der Waals surface area contributed by atoms with Crippen molar-refractivity contribution in [2.75, 3.05) is 11.5 Å². The van der Waals surface area contributed by atoms with E-state index < -0.39 is 17.7 Å². The Balaban J connectivity index is 1.71. The van der Waals surface area contributed by atoms with Crippen LogP contribution in [0, 0.1) is 0 Å². The first-order valence-electron chi connectivity index (χ1n) is 10.6. The van der Waals surface area contributed by atoms with E-state index in [1.54, 1.807) is 42.5 Å². The molecule has 10 heteroatoms. The van der Waals surface area contributed by atoms with Gasteiger partial charge in [0.25, 0.3) is 5.78 Å². The fourth-order valence-corrected chi connectivity index (χ4v) is 5.27. The first kappa shape index (κ1) is 23.3. The molecule has 0 spiro atoms. The summed E-state index contributed by atoms with van der Waals surface area (Å²) >= 11 is 13.6. The predicted octanol–water partition coefficient (Wildman–Crippen LogP) is 6.02. The van der Waals surface area contributed by atoms with Gasteiger partial charge >= 0.3 is 5.91 Å². The third kappa shape index (κ3) is 4.14. The SMILES string of the molecule is CCOc1ccc2nc(N3C(=O)C(=O)C(=C(O)c4ccncc4)C3c3ccc(Cl)c(Cl)c3)sc2c1. The van der Waals surface area contributed by atoms with Gasteiger partial charge in [0, 0.05) is 18.0 Å². The van der Waals surface area contributed by atoms with Crippen LogP contribution in [0.2, 0.25) is 10.0 Å². The topological polar surface area (TPSA) is 92.6 Å². The lowest BCUT2D eigenvalue weighted by molar-refractivity contribution is -0.132. The smallest absolute Gasteiger partial charge is 0.301 e. The molecule has 1 aliphatic heterocycles. The second-order valence-electron chi connectivity index (χ2n) is 7.64. The normalized spacial score (nSPS) is 17.3. The number of halogens is 2. The summed E-state index contributed by atoms with van der Waals surface area (Å²) in [5.74, 6) is -1.27. The van der Waals surface area contributed by atoms with Crippen molar-refractivity contribution in [1.29, 1.82) is 0 Å². The number of ether oxygens (including phenoxy) is 1. The molecule has 4 aromatic rings. The fraction of sp³-hybridized carbons (Fsp3) is 0.120. The summed E-state index contributed by atoms with van der Waals surface area (Å²) in [7, 11) is 0. The number of fused-ring (bicyclic) bond motifs is 1. The lowest BCUT2D eigenvalue weighted by atomic mass is 9.95. The zero-order chi connectivity index (χ0) is 24.7. The molecule has 0 radical (unpaired) electrons. The molecule has 1 N–H and O–H groups in total. The van der Waals surface area contributed by atoms with Crippen LogP contribution in [-0.2, 0) is 9.59 Å². The van der Waals surface area contributed by atoms with Gasteiger partial charge in [-0.05, 0) is 55.0 Å². The van der Waals surface area contributed by atoms with Crippen molar-refractivity contribution < 1.29 is 19.4 Å². The molecule has 1 saturated heterocycles. The Morgan fingerprint density at radius 3 is 2.57 bits per heavy atom. The van der Waals surface area contributed by atoms with Crippen LogP contribution >= 0.6 is 34.5 Å². The van der Waals surface area contributed by atoms with Gasteiger partial charge in [-0.3, -0.25) is 19.5 Å². The lowest BCUT2D eigenvalue weighted by Gasteiger charge is -2.23. The number of ketones is 1. The van der Waals surface area contributed by atoms with E-state index in [0.29, 0.717) is 39.2 Å². The van der Waals surface area contributed by atoms with Gasteiger partial charge in [-0.25, -0.2) is 4.98 Å². The highest BCUT2D eigenvalue weighted by Gasteiger charge is 2.48. The number of hydrogen-bond acceptors (Lipinski definition) is 7. The van der Waals surface area contributed by atoms with Crippen LogP contribution in [-0.4, -0.2) is 33.4 Å². The van der Waals surface area contributed by atoms with Crippen LogP contribution in [0.4, 0.5) is 5.13 Å². The van der Waals surface area contributed by atoms with E-state index in [-0.39, 0.29) is 16.4 Å². The van der Waals surface area contributed by atoms with Crippen LogP contribution in [0.25, 0.3) is 16.0 Å². The Morgan fingerprint density at radius 2 is 1.86 bits per heavy atom. The van der Waals surface area contributed by atoms with Crippen molar-refractivity contribution in [3.05, 3.63) is 87.7 Å². The second-order valence-corrected chi connectivity index (χ2v) is 9.46. The molecule has 1 aliphatic rings. The second kappa shape index (κ2) is 9.30. The molecule has 7 nitrogen and oxygen atoms in total. The van der Waals surface area contributed by atoms with Crippen LogP contribution in [0.3, 0.4) is 0 Å². The van der Waals surface area contributed by atoms with Crippen LogP contribution in [0.15, 0.2) is 66.5 Å². The average molecular weight is 526 g/mol. The minimum atomic E-state index is -0.968. The van der Waals surface area contributed by atoms with E-state index in [1.165, 1.54) is 28.6 Å². The number of aliphatic hydroxyl groups is 1. The molecule has 2 aromatic heterocycles. The first-order valence-corrected chi connectivity index (χ1v) is 12.2. The Labute approximate surface area is 214 Å².